The molecule has 0 saturated carbocycles. The van der Waals surface area contributed by atoms with Gasteiger partial charge in [0.15, 0.2) is 0 Å². The molecule has 0 aromatic heterocycles. The lowest BCUT2D eigenvalue weighted by Gasteiger charge is -2.31. The maximum absolute atomic E-state index is 12.5. The van der Waals surface area contributed by atoms with Gasteiger partial charge < -0.3 is 20.1 Å². The van der Waals surface area contributed by atoms with Crippen LogP contribution in [0.15, 0.2) is 48.5 Å². The summed E-state index contributed by atoms with van der Waals surface area (Å²) in [5.41, 5.74) is 4.60. The number of ether oxygens (including phenoxy) is 1. The van der Waals surface area contributed by atoms with Gasteiger partial charge in [-0.15, -0.1) is 11.8 Å². The molecule has 2 atom stereocenters. The average molecular weight is 455 g/mol. The van der Waals surface area contributed by atoms with Gasteiger partial charge >= 0.3 is 12.1 Å². The number of thioether (sulfide) groups is 1. The maximum atomic E-state index is 12.5. The van der Waals surface area contributed by atoms with Gasteiger partial charge in [-0.25, -0.2) is 4.79 Å². The molecule has 1 fully saturated rings. The molecule has 2 unspecified atom stereocenters. The lowest BCUT2D eigenvalue weighted by atomic mass is 9.98. The van der Waals surface area contributed by atoms with Gasteiger partial charge in [-0.1, -0.05) is 48.5 Å². The van der Waals surface area contributed by atoms with Crippen LogP contribution in [0, 0.1) is 0 Å². The predicted molar refractivity (Wildman–Crippen MR) is 123 cm³/mol. The van der Waals surface area contributed by atoms with E-state index in [0.717, 1.165) is 22.3 Å². The Balaban J connectivity index is 1.30. The summed E-state index contributed by atoms with van der Waals surface area (Å²) in [6.07, 6.45) is -0.467. The summed E-state index contributed by atoms with van der Waals surface area (Å²) in [6.45, 7) is 2.66. The molecule has 2 N–H and O–H groups in total. The first-order chi connectivity index (χ1) is 15.4. The van der Waals surface area contributed by atoms with Crippen molar-refractivity contribution in [3.8, 4) is 11.1 Å². The Morgan fingerprint density at radius 1 is 1.12 bits per heavy atom. The number of nitrogens with one attached hydrogen (secondary N) is 1. The Kier molecular flexibility index (Phi) is 6.69. The standard InChI is InChI=1S/C24H26N2O5S/c1-15(12-22(27)26-10-11-32-21(13-26)23(28)29)25-24(30)31-14-20-18-8-4-2-6-16(18)17-7-3-5-9-19(17)20/h2-9,15,20-21H,10-14H2,1H3,(H,25,30)(H,28,29). The van der Waals surface area contributed by atoms with E-state index >= 15 is 0 Å². The summed E-state index contributed by atoms with van der Waals surface area (Å²) in [5.74, 6) is -0.499. The van der Waals surface area contributed by atoms with Crippen molar-refractivity contribution in [2.24, 2.45) is 0 Å². The third kappa shape index (κ3) is 4.75. The van der Waals surface area contributed by atoms with Gasteiger partial charge in [0, 0.05) is 37.2 Å². The predicted octanol–water partition coefficient (Wildman–Crippen LogP) is 3.33. The molecule has 7 nitrogen and oxygen atoms in total. The van der Waals surface area contributed by atoms with Crippen molar-refractivity contribution in [3.05, 3.63) is 59.7 Å². The van der Waals surface area contributed by atoms with E-state index in [4.69, 9.17) is 4.74 Å². The van der Waals surface area contributed by atoms with E-state index in [1.807, 2.05) is 24.3 Å². The van der Waals surface area contributed by atoms with Crippen LogP contribution in [0.1, 0.15) is 30.4 Å². The zero-order valence-corrected chi connectivity index (χ0v) is 18.6. The molecule has 1 aliphatic heterocycles. The van der Waals surface area contributed by atoms with Gasteiger partial charge in [-0.2, -0.15) is 0 Å². The summed E-state index contributed by atoms with van der Waals surface area (Å²) in [6, 6.07) is 15.8. The van der Waals surface area contributed by atoms with Crippen molar-refractivity contribution in [1.82, 2.24) is 10.2 Å². The normalized spacial score (nSPS) is 18.4. The molecule has 2 aromatic rings. The average Bonchev–Trinajstić information content (AvgIpc) is 3.11. The summed E-state index contributed by atoms with van der Waals surface area (Å²) < 4.78 is 5.53. The van der Waals surface area contributed by atoms with Gasteiger partial charge in [0.1, 0.15) is 11.9 Å². The van der Waals surface area contributed by atoms with E-state index in [-0.39, 0.29) is 31.4 Å². The molecule has 8 heteroatoms. The Bertz CT molecular complexity index is 981. The molecule has 4 rings (SSSR count). The molecule has 1 aliphatic carbocycles. The van der Waals surface area contributed by atoms with E-state index in [1.54, 1.807) is 11.8 Å². The van der Waals surface area contributed by atoms with Crippen LogP contribution in [-0.4, -0.2) is 64.7 Å². The summed E-state index contributed by atoms with van der Waals surface area (Å²) >= 11 is 1.35. The number of carbonyl (C=O) groups excluding carboxylic acids is 2. The molecular weight excluding hydrogens is 428 g/mol. The summed E-state index contributed by atoms with van der Waals surface area (Å²) in [4.78, 5) is 37.7. The SMILES string of the molecule is CC(CC(=O)N1CCSC(C(=O)O)C1)NC(=O)OCC1c2ccccc2-c2ccccc21. The molecular formula is C24H26N2O5S. The van der Waals surface area contributed by atoms with Crippen LogP contribution in [0.2, 0.25) is 0 Å². The molecule has 2 aliphatic rings. The highest BCUT2D eigenvalue weighted by molar-refractivity contribution is 8.00. The fourth-order valence-corrected chi connectivity index (χ4v) is 5.35. The number of carboxylic acid groups (broad SMARTS) is 1. The molecule has 0 bridgehead atoms. The number of aliphatic carboxylic acids is 1. The number of hydrogen-bond acceptors (Lipinski definition) is 5. The van der Waals surface area contributed by atoms with E-state index in [1.165, 1.54) is 11.8 Å². The molecule has 32 heavy (non-hydrogen) atoms. The molecule has 168 valence electrons. The van der Waals surface area contributed by atoms with Crippen LogP contribution >= 0.6 is 11.8 Å². The number of carbonyl (C=O) groups is 3. The Morgan fingerprint density at radius 3 is 2.38 bits per heavy atom. The monoisotopic (exact) mass is 454 g/mol. The number of benzene rings is 2. The van der Waals surface area contributed by atoms with Crippen LogP contribution in [0.4, 0.5) is 4.79 Å². The van der Waals surface area contributed by atoms with Crippen molar-refractivity contribution < 1.29 is 24.2 Å². The summed E-state index contributed by atoms with van der Waals surface area (Å²) in [5, 5.41) is 11.3. The number of carboxylic acids is 1. The van der Waals surface area contributed by atoms with Crippen LogP contribution < -0.4 is 5.32 Å². The highest BCUT2D eigenvalue weighted by atomic mass is 32.2. The fraction of sp³-hybridized carbons (Fsp3) is 0.375. The van der Waals surface area contributed by atoms with Gasteiger partial charge in [0.05, 0.1) is 0 Å². The quantitative estimate of drug-likeness (QED) is 0.695. The lowest BCUT2D eigenvalue weighted by Crippen LogP contribution is -2.46. The highest BCUT2D eigenvalue weighted by Gasteiger charge is 2.31. The molecule has 2 aromatic carbocycles. The topological polar surface area (TPSA) is 95.9 Å². The molecule has 1 heterocycles. The number of amides is 2. The Hall–Kier alpha value is -3.00. The van der Waals surface area contributed by atoms with Crippen molar-refractivity contribution >= 4 is 29.7 Å². The van der Waals surface area contributed by atoms with E-state index in [0.29, 0.717) is 12.3 Å². The number of rotatable bonds is 6. The second kappa shape index (κ2) is 9.65. The van der Waals surface area contributed by atoms with Crippen molar-refractivity contribution in [3.63, 3.8) is 0 Å². The van der Waals surface area contributed by atoms with Crippen LogP contribution in [0.3, 0.4) is 0 Å². The van der Waals surface area contributed by atoms with Crippen molar-refractivity contribution in [2.75, 3.05) is 25.4 Å². The number of alkyl carbamates (subject to hydrolysis) is 1. The molecule has 0 radical (unpaired) electrons. The molecule has 2 amide bonds. The minimum Gasteiger partial charge on any atom is -0.480 e. The first kappa shape index (κ1) is 22.2. The largest absolute Gasteiger partial charge is 0.480 e. The van der Waals surface area contributed by atoms with Crippen LogP contribution in [0.25, 0.3) is 11.1 Å². The maximum Gasteiger partial charge on any atom is 0.407 e. The third-order valence-electron chi connectivity index (χ3n) is 5.88. The minimum atomic E-state index is -0.905. The Labute approximate surface area is 191 Å². The van der Waals surface area contributed by atoms with Gasteiger partial charge in [0.25, 0.3) is 0 Å². The lowest BCUT2D eigenvalue weighted by molar-refractivity contribution is -0.138. The minimum absolute atomic E-state index is 0.0242. The van der Waals surface area contributed by atoms with Gasteiger partial charge in [0.2, 0.25) is 5.91 Å². The first-order valence-electron chi connectivity index (χ1n) is 10.7. The molecule has 0 spiro atoms. The molecule has 1 saturated heterocycles. The van der Waals surface area contributed by atoms with Crippen LogP contribution in [-0.2, 0) is 14.3 Å². The third-order valence-corrected chi connectivity index (χ3v) is 7.05. The number of fused-ring (bicyclic) bond motifs is 3. The Morgan fingerprint density at radius 2 is 1.75 bits per heavy atom. The second-order valence-electron chi connectivity index (χ2n) is 8.11. The van der Waals surface area contributed by atoms with Gasteiger partial charge in [-0.05, 0) is 29.2 Å². The fourth-order valence-electron chi connectivity index (χ4n) is 4.31. The van der Waals surface area contributed by atoms with E-state index in [2.05, 4.69) is 29.6 Å². The smallest absolute Gasteiger partial charge is 0.407 e. The van der Waals surface area contributed by atoms with Crippen molar-refractivity contribution in [1.29, 1.82) is 0 Å². The number of nitrogens with zero attached hydrogens (tertiary/aromatic N) is 1. The number of hydrogen-bond donors (Lipinski definition) is 2. The van der Waals surface area contributed by atoms with Gasteiger partial charge in [-0.3, -0.25) is 9.59 Å². The highest BCUT2D eigenvalue weighted by Crippen LogP contribution is 2.44. The summed E-state index contributed by atoms with van der Waals surface area (Å²) in [7, 11) is 0. The van der Waals surface area contributed by atoms with Crippen molar-refractivity contribution in [2.45, 2.75) is 30.6 Å². The zero-order valence-electron chi connectivity index (χ0n) is 17.8. The van der Waals surface area contributed by atoms with E-state index < -0.39 is 23.4 Å². The van der Waals surface area contributed by atoms with E-state index in [9.17, 15) is 19.5 Å². The van der Waals surface area contributed by atoms with Crippen LogP contribution in [0.5, 0.6) is 0 Å². The first-order valence-corrected chi connectivity index (χ1v) is 11.7. The zero-order chi connectivity index (χ0) is 22.7. The second-order valence-corrected chi connectivity index (χ2v) is 9.42.